The van der Waals surface area contributed by atoms with Gasteiger partial charge in [-0.3, -0.25) is 19.2 Å². The van der Waals surface area contributed by atoms with E-state index in [4.69, 9.17) is 14.2 Å². The lowest BCUT2D eigenvalue weighted by Gasteiger charge is -2.24. The van der Waals surface area contributed by atoms with E-state index in [1.54, 1.807) is 92.6 Å². The van der Waals surface area contributed by atoms with Crippen LogP contribution in [0, 0.1) is 16.2 Å². The molecule has 2 aromatic carbocycles. The molecular weight excluding hydrogens is 448 g/mol. The number of carbonyl (C=O) groups excluding carboxylic acids is 4. The van der Waals surface area contributed by atoms with Crippen molar-refractivity contribution in [2.45, 2.75) is 62.3 Å². The number of rotatable bonds is 5. The van der Waals surface area contributed by atoms with E-state index in [0.29, 0.717) is 5.56 Å². The summed E-state index contributed by atoms with van der Waals surface area (Å²) in [5.74, 6) is -3.10. The van der Waals surface area contributed by atoms with E-state index in [1.165, 1.54) is 12.1 Å². The van der Waals surface area contributed by atoms with Gasteiger partial charge in [0.05, 0.1) is 21.8 Å². The smallest absolute Gasteiger partial charge is 0.316 e. The molecule has 2 rings (SSSR count). The standard InChI is InChI=1S/C28H34O7/c1-26(2,3)23(30)33-19-16-15-18(20(29)17-13-11-10-12-14-17)21(34-24(31)27(4,5)6)22(19)35-25(32)28(7,8)9/h10-16H,1-9H3. The van der Waals surface area contributed by atoms with Crippen LogP contribution in [0.3, 0.4) is 0 Å². The molecule has 0 aliphatic heterocycles. The van der Waals surface area contributed by atoms with Crippen molar-refractivity contribution in [3.63, 3.8) is 0 Å². The second-order valence-electron chi connectivity index (χ2n) is 11.4. The van der Waals surface area contributed by atoms with Gasteiger partial charge in [-0.15, -0.1) is 0 Å². The second kappa shape index (κ2) is 10.0. The van der Waals surface area contributed by atoms with Crippen LogP contribution in [0.2, 0.25) is 0 Å². The molecule has 0 radical (unpaired) electrons. The maximum absolute atomic E-state index is 13.4. The van der Waals surface area contributed by atoms with Gasteiger partial charge in [-0.2, -0.15) is 0 Å². The Hall–Kier alpha value is -3.48. The van der Waals surface area contributed by atoms with Crippen molar-refractivity contribution in [3.8, 4) is 17.2 Å². The van der Waals surface area contributed by atoms with E-state index in [0.717, 1.165) is 0 Å². The molecule has 0 atom stereocenters. The minimum atomic E-state index is -0.934. The van der Waals surface area contributed by atoms with Crippen molar-refractivity contribution in [2.24, 2.45) is 16.2 Å². The van der Waals surface area contributed by atoms with Crippen molar-refractivity contribution in [3.05, 3.63) is 53.6 Å². The summed E-state index contributed by atoms with van der Waals surface area (Å²) in [5, 5.41) is 0. The number of ether oxygens (including phenoxy) is 3. The molecule has 0 heterocycles. The highest BCUT2D eigenvalue weighted by Gasteiger charge is 2.34. The third-order valence-corrected chi connectivity index (χ3v) is 4.79. The molecule has 0 bridgehead atoms. The van der Waals surface area contributed by atoms with Gasteiger partial charge < -0.3 is 14.2 Å². The van der Waals surface area contributed by atoms with E-state index >= 15 is 0 Å². The molecule has 7 heteroatoms. The molecular formula is C28H34O7. The minimum absolute atomic E-state index is 0.0129. The van der Waals surface area contributed by atoms with Gasteiger partial charge in [0.1, 0.15) is 0 Å². The topological polar surface area (TPSA) is 96.0 Å². The maximum atomic E-state index is 13.4. The highest BCUT2D eigenvalue weighted by atomic mass is 16.6. The summed E-state index contributed by atoms with van der Waals surface area (Å²) in [6, 6.07) is 11.2. The Labute approximate surface area is 206 Å². The average Bonchev–Trinajstić information content (AvgIpc) is 2.73. The fraction of sp³-hybridized carbons (Fsp3) is 0.429. The SMILES string of the molecule is CC(C)(C)C(=O)Oc1ccc(C(=O)c2ccccc2)c(OC(=O)C(C)(C)C)c1OC(=O)C(C)(C)C. The van der Waals surface area contributed by atoms with Crippen molar-refractivity contribution in [2.75, 3.05) is 0 Å². The molecule has 0 spiro atoms. The van der Waals surface area contributed by atoms with Crippen molar-refractivity contribution in [1.82, 2.24) is 0 Å². The Balaban J connectivity index is 2.80. The summed E-state index contributed by atoms with van der Waals surface area (Å²) in [4.78, 5) is 51.8. The fourth-order valence-corrected chi connectivity index (χ4v) is 2.49. The van der Waals surface area contributed by atoms with E-state index in [1.807, 2.05) is 0 Å². The van der Waals surface area contributed by atoms with Gasteiger partial charge in [-0.25, -0.2) is 0 Å². The Morgan fingerprint density at radius 2 is 0.971 bits per heavy atom. The first kappa shape index (κ1) is 27.8. The van der Waals surface area contributed by atoms with Crippen LogP contribution in [0.1, 0.15) is 78.2 Å². The van der Waals surface area contributed by atoms with Crippen LogP contribution < -0.4 is 14.2 Å². The highest BCUT2D eigenvalue weighted by Crippen LogP contribution is 2.44. The van der Waals surface area contributed by atoms with E-state index in [2.05, 4.69) is 0 Å². The molecule has 188 valence electrons. The van der Waals surface area contributed by atoms with Crippen LogP contribution in [0.25, 0.3) is 0 Å². The van der Waals surface area contributed by atoms with Crippen molar-refractivity contribution < 1.29 is 33.4 Å². The van der Waals surface area contributed by atoms with Crippen LogP contribution >= 0.6 is 0 Å². The van der Waals surface area contributed by atoms with Gasteiger partial charge in [0.15, 0.2) is 17.3 Å². The number of hydrogen-bond donors (Lipinski definition) is 0. The number of hydrogen-bond acceptors (Lipinski definition) is 7. The van der Waals surface area contributed by atoms with Gasteiger partial charge in [-0.1, -0.05) is 30.3 Å². The highest BCUT2D eigenvalue weighted by molar-refractivity contribution is 6.12. The largest absolute Gasteiger partial charge is 0.422 e. The van der Waals surface area contributed by atoms with E-state index < -0.39 is 39.9 Å². The molecule has 0 saturated carbocycles. The molecule has 35 heavy (non-hydrogen) atoms. The Morgan fingerprint density at radius 1 is 0.543 bits per heavy atom. The Bertz CT molecular complexity index is 1120. The number of ketones is 1. The van der Waals surface area contributed by atoms with Gasteiger partial charge in [0.2, 0.25) is 5.75 Å². The third kappa shape index (κ3) is 7.01. The number of carbonyl (C=O) groups is 4. The molecule has 0 fully saturated rings. The molecule has 0 aliphatic carbocycles. The summed E-state index contributed by atoms with van der Waals surface area (Å²) in [5.41, 5.74) is -2.41. The first-order valence-electron chi connectivity index (χ1n) is 11.4. The zero-order valence-electron chi connectivity index (χ0n) is 21.9. The fourth-order valence-electron chi connectivity index (χ4n) is 2.49. The van der Waals surface area contributed by atoms with Gasteiger partial charge >= 0.3 is 17.9 Å². The predicted octanol–water partition coefficient (Wildman–Crippen LogP) is 5.77. The van der Waals surface area contributed by atoms with Crippen LogP contribution in [-0.4, -0.2) is 23.7 Å². The van der Waals surface area contributed by atoms with Crippen LogP contribution in [-0.2, 0) is 14.4 Å². The molecule has 2 aromatic rings. The first-order valence-corrected chi connectivity index (χ1v) is 11.4. The maximum Gasteiger partial charge on any atom is 0.316 e. The summed E-state index contributed by atoms with van der Waals surface area (Å²) in [7, 11) is 0. The summed E-state index contributed by atoms with van der Waals surface area (Å²) >= 11 is 0. The molecule has 0 unspecified atom stereocenters. The van der Waals surface area contributed by atoms with E-state index in [9.17, 15) is 19.2 Å². The van der Waals surface area contributed by atoms with Crippen LogP contribution in [0.15, 0.2) is 42.5 Å². The van der Waals surface area contributed by atoms with E-state index in [-0.39, 0.29) is 22.8 Å². The first-order chi connectivity index (χ1) is 15.9. The Kier molecular flexibility index (Phi) is 7.95. The monoisotopic (exact) mass is 482 g/mol. The summed E-state index contributed by atoms with van der Waals surface area (Å²) < 4.78 is 16.9. The number of benzene rings is 2. The lowest BCUT2D eigenvalue weighted by Crippen LogP contribution is -2.30. The zero-order valence-corrected chi connectivity index (χ0v) is 21.9. The molecule has 0 saturated heterocycles. The molecule has 0 aromatic heterocycles. The summed E-state index contributed by atoms with van der Waals surface area (Å²) in [6.45, 7) is 14.9. The second-order valence-corrected chi connectivity index (χ2v) is 11.4. The lowest BCUT2D eigenvalue weighted by molar-refractivity contribution is -0.146. The lowest BCUT2D eigenvalue weighted by atomic mass is 9.96. The Morgan fingerprint density at radius 3 is 1.43 bits per heavy atom. The summed E-state index contributed by atoms with van der Waals surface area (Å²) in [6.07, 6.45) is 0. The predicted molar refractivity (Wildman–Crippen MR) is 132 cm³/mol. The molecule has 7 nitrogen and oxygen atoms in total. The zero-order chi connectivity index (χ0) is 26.8. The van der Waals surface area contributed by atoms with Gasteiger partial charge in [0, 0.05) is 5.56 Å². The third-order valence-electron chi connectivity index (χ3n) is 4.79. The average molecular weight is 483 g/mol. The molecule has 0 N–H and O–H groups in total. The van der Waals surface area contributed by atoms with Crippen LogP contribution in [0.4, 0.5) is 0 Å². The van der Waals surface area contributed by atoms with Crippen molar-refractivity contribution >= 4 is 23.7 Å². The number of esters is 3. The van der Waals surface area contributed by atoms with Crippen LogP contribution in [0.5, 0.6) is 17.2 Å². The van der Waals surface area contributed by atoms with Crippen molar-refractivity contribution in [1.29, 1.82) is 0 Å². The quantitative estimate of drug-likeness (QED) is 0.303. The van der Waals surface area contributed by atoms with Gasteiger partial charge in [-0.05, 0) is 74.4 Å². The van der Waals surface area contributed by atoms with Gasteiger partial charge in [0.25, 0.3) is 0 Å². The normalized spacial score (nSPS) is 12.0. The molecule has 0 aliphatic rings. The minimum Gasteiger partial charge on any atom is -0.422 e. The molecule has 0 amide bonds.